The molecular weight excluding hydrogens is 864 g/mol. The van der Waals surface area contributed by atoms with Crippen LogP contribution in [-0.4, -0.2) is 96.2 Å². The number of piperidine rings is 1. The van der Waals surface area contributed by atoms with Crippen molar-refractivity contribution in [2.24, 2.45) is 0 Å². The van der Waals surface area contributed by atoms with Crippen molar-refractivity contribution in [3.8, 4) is 17.2 Å². The van der Waals surface area contributed by atoms with Crippen molar-refractivity contribution in [3.05, 3.63) is 124 Å². The molecule has 10 rings (SSSR count). The van der Waals surface area contributed by atoms with Crippen LogP contribution in [0.2, 0.25) is 0 Å². The van der Waals surface area contributed by atoms with Gasteiger partial charge in [0.05, 0.1) is 21.6 Å². The minimum absolute atomic E-state index is 0.0643. The lowest BCUT2D eigenvalue weighted by Crippen LogP contribution is -2.50. The molecule has 1 amide bonds. The maximum atomic E-state index is 15.9. The minimum atomic E-state index is -4.67. The Morgan fingerprint density at radius 1 is 0.939 bits per heavy atom. The quantitative estimate of drug-likeness (QED) is 0.0804. The molecule has 346 valence electrons. The summed E-state index contributed by atoms with van der Waals surface area (Å²) in [7, 11) is -4.67. The average Bonchev–Trinajstić information content (AvgIpc) is 3.87. The van der Waals surface area contributed by atoms with Crippen LogP contribution in [0.5, 0.6) is 17.2 Å². The Labute approximate surface area is 383 Å². The molecule has 2 atom stereocenters. The zero-order valence-electron chi connectivity index (χ0n) is 36.8. The van der Waals surface area contributed by atoms with Gasteiger partial charge in [0.2, 0.25) is 0 Å². The molecule has 16 heteroatoms. The molecule has 2 aromatic heterocycles. The van der Waals surface area contributed by atoms with E-state index < -0.39 is 43.7 Å². The van der Waals surface area contributed by atoms with Gasteiger partial charge in [-0.25, -0.2) is 22.5 Å². The molecule has 0 spiro atoms. The van der Waals surface area contributed by atoms with Crippen LogP contribution < -0.4 is 14.2 Å². The Morgan fingerprint density at radius 3 is 2.50 bits per heavy atom. The number of likely N-dealkylation sites (tertiary alicyclic amines) is 2. The molecule has 1 saturated carbocycles. The van der Waals surface area contributed by atoms with E-state index in [0.29, 0.717) is 61.7 Å². The number of allylic oxidation sites excluding steroid dienone is 1. The number of pyridine rings is 1. The lowest BCUT2D eigenvalue weighted by molar-refractivity contribution is -0.386. The van der Waals surface area contributed by atoms with Crippen LogP contribution in [-0.2, 0) is 14.8 Å². The number of nitrogens with one attached hydrogen (secondary N) is 2. The number of aromatic nitrogens is 2. The number of amides is 1. The lowest BCUT2D eigenvalue weighted by atomic mass is 9.88. The highest BCUT2D eigenvalue weighted by atomic mass is 32.2. The predicted molar refractivity (Wildman–Crippen MR) is 247 cm³/mol. The topological polar surface area (TPSA) is 169 Å². The monoisotopic (exact) mass is 918 g/mol. The molecule has 5 aromatic rings. The number of carbonyl (C=O) groups excluding carboxylic acids is 1. The van der Waals surface area contributed by atoms with Crippen molar-refractivity contribution in [2.45, 2.75) is 105 Å². The number of nitro groups is 1. The molecule has 66 heavy (non-hydrogen) atoms. The summed E-state index contributed by atoms with van der Waals surface area (Å²) in [6, 6.07) is 21.9. The van der Waals surface area contributed by atoms with Crippen molar-refractivity contribution in [2.75, 3.05) is 39.5 Å². The van der Waals surface area contributed by atoms with Gasteiger partial charge in [-0.05, 0) is 142 Å². The second-order valence-corrected chi connectivity index (χ2v) is 20.2. The smallest absolute Gasteiger partial charge is 0.312 e. The molecular formula is C50H55FN6O8S. The van der Waals surface area contributed by atoms with E-state index in [0.717, 1.165) is 79.8 Å². The number of ether oxygens (including phenoxy) is 3. The van der Waals surface area contributed by atoms with Crippen LogP contribution in [0, 0.1) is 10.1 Å². The first-order chi connectivity index (χ1) is 32.0. The highest BCUT2D eigenvalue weighted by Crippen LogP contribution is 2.47. The van der Waals surface area contributed by atoms with E-state index in [1.165, 1.54) is 42.7 Å². The van der Waals surface area contributed by atoms with Crippen LogP contribution >= 0.6 is 0 Å². The third-order valence-electron chi connectivity index (χ3n) is 14.3. The number of nitro benzene ring substituents is 1. The Kier molecular flexibility index (Phi) is 12.4. The van der Waals surface area contributed by atoms with E-state index in [4.69, 9.17) is 14.2 Å². The normalized spacial score (nSPS) is 21.9. The van der Waals surface area contributed by atoms with Gasteiger partial charge >= 0.3 is 5.69 Å². The fourth-order valence-electron chi connectivity index (χ4n) is 10.5. The van der Waals surface area contributed by atoms with Gasteiger partial charge < -0.3 is 19.2 Å². The number of sulfonamides is 1. The van der Waals surface area contributed by atoms with Gasteiger partial charge in [-0.2, -0.15) is 0 Å². The molecule has 5 aliphatic rings. The molecule has 3 saturated heterocycles. The Hall–Kier alpha value is -5.68. The number of alkyl halides is 1. The summed E-state index contributed by atoms with van der Waals surface area (Å²) >= 11 is 0. The molecule has 5 heterocycles. The molecule has 4 fully saturated rings. The fourth-order valence-corrected chi connectivity index (χ4v) is 11.5. The van der Waals surface area contributed by atoms with E-state index in [-0.39, 0.29) is 29.9 Å². The number of rotatable bonds is 14. The van der Waals surface area contributed by atoms with Gasteiger partial charge in [0, 0.05) is 62.1 Å². The molecule has 0 bridgehead atoms. The number of H-pyrrole nitrogens is 1. The Bertz CT molecular complexity index is 2760. The fraction of sp³-hybridized carbons (Fsp3) is 0.440. The Morgan fingerprint density at radius 2 is 1.74 bits per heavy atom. The number of halogens is 1. The number of hydrogen-bond acceptors (Lipinski definition) is 11. The first-order valence-corrected chi connectivity index (χ1v) is 24.8. The van der Waals surface area contributed by atoms with Crippen LogP contribution in [0.25, 0.3) is 16.6 Å². The molecule has 3 aliphatic heterocycles. The predicted octanol–water partition coefficient (Wildman–Crippen LogP) is 9.39. The van der Waals surface area contributed by atoms with E-state index in [9.17, 15) is 23.3 Å². The number of carbonyl (C=O) groups is 1. The third kappa shape index (κ3) is 9.46. The van der Waals surface area contributed by atoms with Crippen molar-refractivity contribution < 1.29 is 36.7 Å². The lowest BCUT2D eigenvalue weighted by Gasteiger charge is -2.41. The maximum Gasteiger partial charge on any atom is 0.312 e. The van der Waals surface area contributed by atoms with Crippen molar-refractivity contribution >= 4 is 38.2 Å². The summed E-state index contributed by atoms with van der Waals surface area (Å²) in [5, 5.41) is 13.0. The Balaban J connectivity index is 0.853. The van der Waals surface area contributed by atoms with Gasteiger partial charge in [-0.1, -0.05) is 36.4 Å². The number of benzene rings is 3. The number of aromatic amines is 1. The minimum Gasteiger partial charge on any atom is -0.483 e. The second kappa shape index (κ2) is 18.5. The van der Waals surface area contributed by atoms with Crippen molar-refractivity contribution in [1.82, 2.24) is 24.5 Å². The number of nitrogens with zero attached hydrogens (tertiary/aromatic N) is 4. The van der Waals surface area contributed by atoms with Gasteiger partial charge in [0.1, 0.15) is 29.4 Å². The van der Waals surface area contributed by atoms with E-state index in [2.05, 4.69) is 54.8 Å². The van der Waals surface area contributed by atoms with Crippen LogP contribution in [0.4, 0.5) is 10.1 Å². The molecule has 0 radical (unpaired) electrons. The zero-order chi connectivity index (χ0) is 45.4. The number of hydrogen-bond donors (Lipinski definition) is 2. The summed E-state index contributed by atoms with van der Waals surface area (Å²) < 4.78 is 63.1. The molecule has 2 unspecified atom stereocenters. The van der Waals surface area contributed by atoms with Crippen LogP contribution in [0.3, 0.4) is 0 Å². The van der Waals surface area contributed by atoms with E-state index >= 15 is 4.39 Å². The maximum absolute atomic E-state index is 15.9. The van der Waals surface area contributed by atoms with Crippen molar-refractivity contribution in [1.29, 1.82) is 0 Å². The van der Waals surface area contributed by atoms with Gasteiger partial charge in [-0.3, -0.25) is 24.7 Å². The summed E-state index contributed by atoms with van der Waals surface area (Å²) in [5.74, 6) is -0.117. The first-order valence-electron chi connectivity index (χ1n) is 23.3. The second-order valence-electron chi connectivity index (χ2n) is 18.5. The van der Waals surface area contributed by atoms with Crippen LogP contribution in [0.15, 0.2) is 96.2 Å². The summed E-state index contributed by atoms with van der Waals surface area (Å²) in [5.41, 5.74) is 3.18. The zero-order valence-corrected chi connectivity index (χ0v) is 37.6. The molecule has 2 N–H and O–H groups in total. The van der Waals surface area contributed by atoms with Gasteiger partial charge in [0.25, 0.3) is 15.9 Å². The summed E-state index contributed by atoms with van der Waals surface area (Å²) in [6.45, 7) is 3.09. The number of fused-ring (bicyclic) bond motifs is 1. The van der Waals surface area contributed by atoms with E-state index in [1.807, 2.05) is 6.07 Å². The van der Waals surface area contributed by atoms with E-state index in [1.54, 1.807) is 24.4 Å². The first kappa shape index (κ1) is 44.2. The summed E-state index contributed by atoms with van der Waals surface area (Å²) in [4.78, 5) is 37.4. The largest absolute Gasteiger partial charge is 0.483 e. The average molecular weight is 919 g/mol. The standard InChI is InChI=1S/C50H55FN6O8S/c51-50(20-24-55(25-21-50)37-18-26-63-27-19-37)32-64-46-16-14-40(30-45(46)57(59)60)66(61,62)54-49(58)43-15-11-35(29-47(43)65-39-28-36-17-22-52-48(36)53-31-39)33-9-12-38(13-10-33)56-23-3-6-44(56)42-5-2-1-4-41(42)34-7-8-34/h1-2,4-5,9,11,14-17,22,28-31,34,37-38,44H,3,6-8,10,12-13,18-21,23-27,32H2,(H,52,53)(H,54,58). The SMILES string of the molecule is O=C(NS(=O)(=O)c1ccc(OCC2(F)CCN(C3CCOCC3)CC2)c([N+](=O)[O-])c1)c1ccc(C2=CCC(N3CCCC3c3ccccc3C3CC3)CC2)cc1Oc1cnc2[nH]ccc2c1. The molecule has 14 nitrogen and oxygen atoms in total. The molecule has 2 aliphatic carbocycles. The molecule has 3 aromatic carbocycles. The highest BCUT2D eigenvalue weighted by molar-refractivity contribution is 7.90. The van der Waals surface area contributed by atoms with Crippen molar-refractivity contribution in [3.63, 3.8) is 0 Å². The van der Waals surface area contributed by atoms with Gasteiger partial charge in [-0.15, -0.1) is 0 Å². The highest BCUT2D eigenvalue weighted by Gasteiger charge is 2.39. The third-order valence-corrected chi connectivity index (χ3v) is 15.6. The van der Waals surface area contributed by atoms with Gasteiger partial charge in [0.15, 0.2) is 5.75 Å². The summed E-state index contributed by atoms with van der Waals surface area (Å²) in [6.07, 6.45) is 15.3. The van der Waals surface area contributed by atoms with Crippen LogP contribution in [0.1, 0.15) is 110 Å².